The second kappa shape index (κ2) is 8.39. The molecule has 2 aliphatic heterocycles. The Bertz CT molecular complexity index is 484. The van der Waals surface area contributed by atoms with Crippen LogP contribution >= 0.6 is 0 Å². The number of hydrogen-bond acceptors (Lipinski definition) is 8. The van der Waals surface area contributed by atoms with Gasteiger partial charge < -0.3 is 30.3 Å². The molecule has 3 atom stereocenters. The topological polar surface area (TPSA) is 151 Å². The van der Waals surface area contributed by atoms with Gasteiger partial charge in [-0.25, -0.2) is 0 Å². The Kier molecular flexibility index (Phi) is 6.72. The molecule has 3 unspecified atom stereocenters. The van der Waals surface area contributed by atoms with Gasteiger partial charge in [0.25, 0.3) is 0 Å². The molecular weight excluding hydrogens is 336 g/mol. The van der Waals surface area contributed by atoms with Crippen LogP contribution in [0, 0.1) is 5.92 Å². The van der Waals surface area contributed by atoms with E-state index in [9.17, 15) is 24.9 Å². The lowest BCUT2D eigenvalue weighted by molar-refractivity contribution is -0.296. The highest BCUT2D eigenvalue weighted by Crippen LogP contribution is 2.33. The molecule has 2 heterocycles. The zero-order chi connectivity index (χ0) is 18.6. The van der Waals surface area contributed by atoms with Crippen LogP contribution in [0.5, 0.6) is 0 Å². The Balaban J connectivity index is 2.22. The van der Waals surface area contributed by atoms with Gasteiger partial charge in [-0.1, -0.05) is 0 Å². The third kappa shape index (κ3) is 4.27. The van der Waals surface area contributed by atoms with Gasteiger partial charge in [-0.15, -0.1) is 0 Å². The number of likely N-dealkylation sites (tertiary alicyclic amines) is 2. The Morgan fingerprint density at radius 3 is 2.40 bits per heavy atom. The molecule has 0 spiro atoms. The second-order valence-electron chi connectivity index (χ2n) is 6.53. The second-order valence-corrected chi connectivity index (χ2v) is 6.53. The van der Waals surface area contributed by atoms with E-state index < -0.39 is 42.5 Å². The van der Waals surface area contributed by atoms with E-state index in [1.54, 1.807) is 9.80 Å². The molecule has 0 bridgehead atoms. The average molecular weight is 362 g/mol. The van der Waals surface area contributed by atoms with Crippen LogP contribution in [0.4, 0.5) is 0 Å². The van der Waals surface area contributed by atoms with Crippen molar-refractivity contribution in [2.45, 2.75) is 37.3 Å². The van der Waals surface area contributed by atoms with Crippen LogP contribution in [0.3, 0.4) is 0 Å². The van der Waals surface area contributed by atoms with Crippen molar-refractivity contribution in [1.29, 1.82) is 0 Å². The summed E-state index contributed by atoms with van der Waals surface area (Å²) in [5.41, 5.74) is 0. The standard InChI is InChI=1S/C15H26N2O8/c18-5-2-6-25-15(24,9-19)14(16-7-10(8-16)12(20)21)17-4-1-3-11(17)13(22)23/h10-11,14,18-19,24H,1-9H2,(H,20,21)(H,22,23). The summed E-state index contributed by atoms with van der Waals surface area (Å²) in [6.45, 7) is -0.297. The molecule has 2 rings (SSSR count). The van der Waals surface area contributed by atoms with Crippen LogP contribution in [-0.4, -0.2) is 105 Å². The molecule has 0 aromatic carbocycles. The van der Waals surface area contributed by atoms with Crippen molar-refractivity contribution in [2.24, 2.45) is 5.92 Å². The number of nitrogens with zero attached hydrogens (tertiary/aromatic N) is 2. The molecule has 0 saturated carbocycles. The molecule has 5 N–H and O–H groups in total. The third-order valence-corrected chi connectivity index (χ3v) is 4.78. The van der Waals surface area contributed by atoms with Crippen molar-refractivity contribution in [3.63, 3.8) is 0 Å². The zero-order valence-electron chi connectivity index (χ0n) is 14.0. The van der Waals surface area contributed by atoms with E-state index in [2.05, 4.69) is 0 Å². The lowest BCUT2D eigenvalue weighted by atomic mass is 9.96. The molecule has 0 aromatic rings. The number of carboxylic acid groups (broad SMARTS) is 2. The minimum absolute atomic E-state index is 0.0220. The third-order valence-electron chi connectivity index (χ3n) is 4.78. The van der Waals surface area contributed by atoms with Crippen molar-refractivity contribution >= 4 is 11.9 Å². The first-order chi connectivity index (χ1) is 11.8. The lowest BCUT2D eigenvalue weighted by Gasteiger charge is -2.52. The highest BCUT2D eigenvalue weighted by Gasteiger charge is 2.53. The molecular formula is C15H26N2O8. The first-order valence-corrected chi connectivity index (χ1v) is 8.37. The summed E-state index contributed by atoms with van der Waals surface area (Å²) >= 11 is 0. The van der Waals surface area contributed by atoms with E-state index in [1.165, 1.54) is 0 Å². The SMILES string of the molecule is O=C(O)C1CN(C(N2CCCC2C(=O)O)C(O)(CO)OCCCO)C1. The van der Waals surface area contributed by atoms with E-state index in [4.69, 9.17) is 14.9 Å². The number of rotatable bonds is 10. The van der Waals surface area contributed by atoms with Gasteiger partial charge in [0, 0.05) is 26.2 Å². The average Bonchev–Trinajstić information content (AvgIpc) is 2.99. The maximum atomic E-state index is 11.5. The fourth-order valence-corrected chi connectivity index (χ4v) is 3.48. The summed E-state index contributed by atoms with van der Waals surface area (Å²) < 4.78 is 5.40. The van der Waals surface area contributed by atoms with Crippen LogP contribution in [0.25, 0.3) is 0 Å². The van der Waals surface area contributed by atoms with Gasteiger partial charge >= 0.3 is 11.9 Å². The van der Waals surface area contributed by atoms with Gasteiger partial charge in [0.2, 0.25) is 5.79 Å². The minimum Gasteiger partial charge on any atom is -0.481 e. The van der Waals surface area contributed by atoms with Gasteiger partial charge in [0.1, 0.15) is 18.8 Å². The van der Waals surface area contributed by atoms with Gasteiger partial charge in [-0.3, -0.25) is 19.4 Å². The number of aliphatic carboxylic acids is 2. The Morgan fingerprint density at radius 2 is 1.88 bits per heavy atom. The summed E-state index contributed by atoms with van der Waals surface area (Å²) in [7, 11) is 0. The van der Waals surface area contributed by atoms with Crippen molar-refractivity contribution in [3.05, 3.63) is 0 Å². The van der Waals surface area contributed by atoms with E-state index >= 15 is 0 Å². The van der Waals surface area contributed by atoms with Crippen LogP contribution in [0.15, 0.2) is 0 Å². The van der Waals surface area contributed by atoms with E-state index in [-0.39, 0.29) is 32.7 Å². The molecule has 2 saturated heterocycles. The van der Waals surface area contributed by atoms with Gasteiger partial charge in [-0.05, 0) is 19.3 Å². The zero-order valence-corrected chi connectivity index (χ0v) is 14.0. The molecule has 10 nitrogen and oxygen atoms in total. The maximum absolute atomic E-state index is 11.5. The molecule has 0 radical (unpaired) electrons. The van der Waals surface area contributed by atoms with E-state index in [1.807, 2.05) is 0 Å². The van der Waals surface area contributed by atoms with Crippen molar-refractivity contribution in [1.82, 2.24) is 9.80 Å². The Hall–Kier alpha value is -1.30. The molecule has 144 valence electrons. The summed E-state index contributed by atoms with van der Waals surface area (Å²) in [4.78, 5) is 25.8. The quantitative estimate of drug-likeness (QED) is 0.217. The van der Waals surface area contributed by atoms with Crippen molar-refractivity contribution in [3.8, 4) is 0 Å². The molecule has 0 aromatic heterocycles. The van der Waals surface area contributed by atoms with Crippen molar-refractivity contribution < 1.29 is 39.9 Å². The predicted molar refractivity (Wildman–Crippen MR) is 83.5 cm³/mol. The van der Waals surface area contributed by atoms with Gasteiger partial charge in [0.15, 0.2) is 0 Å². The Labute approximate surface area is 145 Å². The number of ether oxygens (including phenoxy) is 1. The molecule has 10 heteroatoms. The Morgan fingerprint density at radius 1 is 1.20 bits per heavy atom. The first kappa shape index (κ1) is 20.0. The first-order valence-electron chi connectivity index (χ1n) is 8.37. The number of aliphatic hydroxyl groups is 3. The van der Waals surface area contributed by atoms with Gasteiger partial charge in [0.05, 0.1) is 12.5 Å². The monoisotopic (exact) mass is 362 g/mol. The fraction of sp³-hybridized carbons (Fsp3) is 0.867. The smallest absolute Gasteiger partial charge is 0.320 e. The molecule has 0 aliphatic carbocycles. The number of hydrogen-bond donors (Lipinski definition) is 5. The summed E-state index contributed by atoms with van der Waals surface area (Å²) in [5, 5.41) is 47.9. The number of aliphatic hydroxyl groups excluding tert-OH is 2. The summed E-state index contributed by atoms with van der Waals surface area (Å²) in [5.74, 6) is -4.67. The predicted octanol–water partition coefficient (Wildman–Crippen LogP) is -2.04. The normalized spacial score (nSPS) is 26.1. The molecule has 25 heavy (non-hydrogen) atoms. The maximum Gasteiger partial charge on any atom is 0.320 e. The summed E-state index contributed by atoms with van der Waals surface area (Å²) in [6.07, 6.45) is 0.285. The van der Waals surface area contributed by atoms with Crippen molar-refractivity contribution in [2.75, 3.05) is 39.5 Å². The van der Waals surface area contributed by atoms with Crippen LogP contribution < -0.4 is 0 Å². The minimum atomic E-state index is -2.07. The van der Waals surface area contributed by atoms with E-state index in [0.29, 0.717) is 19.4 Å². The van der Waals surface area contributed by atoms with E-state index in [0.717, 1.165) is 0 Å². The molecule has 2 fully saturated rings. The van der Waals surface area contributed by atoms with Crippen LogP contribution in [0.2, 0.25) is 0 Å². The lowest BCUT2D eigenvalue weighted by Crippen LogP contribution is -2.71. The fourth-order valence-electron chi connectivity index (χ4n) is 3.48. The number of carboxylic acids is 2. The highest BCUT2D eigenvalue weighted by atomic mass is 16.6. The van der Waals surface area contributed by atoms with Crippen LogP contribution in [-0.2, 0) is 14.3 Å². The summed E-state index contributed by atoms with van der Waals surface area (Å²) in [6, 6.07) is -0.839. The molecule has 2 aliphatic rings. The number of carbonyl (C=O) groups is 2. The highest BCUT2D eigenvalue weighted by molar-refractivity contribution is 5.74. The van der Waals surface area contributed by atoms with Crippen LogP contribution in [0.1, 0.15) is 19.3 Å². The molecule has 0 amide bonds. The largest absolute Gasteiger partial charge is 0.481 e. The van der Waals surface area contributed by atoms with Gasteiger partial charge in [-0.2, -0.15) is 0 Å².